The molecule has 34 heavy (non-hydrogen) atoms. The van der Waals surface area contributed by atoms with Gasteiger partial charge in [-0.2, -0.15) is 26.3 Å². The van der Waals surface area contributed by atoms with Crippen molar-refractivity contribution in [3.05, 3.63) is 47.9 Å². The van der Waals surface area contributed by atoms with E-state index in [0.29, 0.717) is 18.2 Å². The minimum absolute atomic E-state index is 0.0466. The molecule has 1 saturated heterocycles. The number of pyridine rings is 2. The number of hydrogen-bond donors (Lipinski definition) is 1. The number of amides is 3. The quantitative estimate of drug-likeness (QED) is 0.622. The molecule has 2 aromatic heterocycles. The van der Waals surface area contributed by atoms with Crippen LogP contribution in [0.2, 0.25) is 0 Å². The number of urea groups is 1. The van der Waals surface area contributed by atoms with Gasteiger partial charge in [-0.25, -0.2) is 19.2 Å². The predicted molar refractivity (Wildman–Crippen MR) is 106 cm³/mol. The van der Waals surface area contributed by atoms with Crippen LogP contribution < -0.4 is 10.2 Å². The van der Waals surface area contributed by atoms with E-state index in [1.54, 1.807) is 0 Å². The van der Waals surface area contributed by atoms with E-state index in [0.717, 1.165) is 42.1 Å². The number of nitrogens with zero attached hydrogens (tertiary/aromatic N) is 4. The minimum atomic E-state index is -4.70. The van der Waals surface area contributed by atoms with Gasteiger partial charge in [0.2, 0.25) is 5.91 Å². The molecule has 3 heterocycles. The molecular formula is C20H18F7N5O2. The number of nitrogens with one attached hydrogen (secondary N) is 1. The molecule has 1 atom stereocenters. The Morgan fingerprint density at radius 1 is 1.06 bits per heavy atom. The van der Waals surface area contributed by atoms with E-state index in [9.17, 15) is 40.3 Å². The Labute approximate surface area is 188 Å². The monoisotopic (exact) mass is 493 g/mol. The summed E-state index contributed by atoms with van der Waals surface area (Å²) < 4.78 is 91.7. The first-order valence-electron chi connectivity index (χ1n) is 9.71. The van der Waals surface area contributed by atoms with Crippen molar-refractivity contribution in [2.24, 2.45) is 0 Å². The van der Waals surface area contributed by atoms with Gasteiger partial charge < -0.3 is 10.2 Å². The third kappa shape index (κ3) is 5.54. The third-order valence-corrected chi connectivity index (χ3v) is 5.02. The number of rotatable bonds is 5. The zero-order chi connectivity index (χ0) is 25.5. The Morgan fingerprint density at radius 2 is 1.74 bits per heavy atom. The summed E-state index contributed by atoms with van der Waals surface area (Å²) in [6, 6.07) is 0.878. The SMILES string of the molecule is CC(C)(F)[C@H]1CN(c2ccc(C(F)(F)F)nc2)C(=O)N1CC(=O)Nc1cc(C(F)(F)F)ccn1. The zero-order valence-corrected chi connectivity index (χ0v) is 17.7. The van der Waals surface area contributed by atoms with Crippen LogP contribution in [0.5, 0.6) is 0 Å². The average molecular weight is 493 g/mol. The van der Waals surface area contributed by atoms with Crippen LogP contribution in [0.4, 0.5) is 47.0 Å². The number of alkyl halides is 7. The molecule has 1 aliphatic rings. The maximum absolute atomic E-state index is 14.8. The van der Waals surface area contributed by atoms with E-state index >= 15 is 0 Å². The summed E-state index contributed by atoms with van der Waals surface area (Å²) in [5, 5.41) is 2.13. The van der Waals surface area contributed by atoms with Crippen molar-refractivity contribution in [1.29, 1.82) is 0 Å². The van der Waals surface area contributed by atoms with Crippen LogP contribution in [0.25, 0.3) is 0 Å². The Balaban J connectivity index is 1.79. The van der Waals surface area contributed by atoms with Crippen LogP contribution >= 0.6 is 0 Å². The fourth-order valence-corrected chi connectivity index (χ4v) is 3.34. The van der Waals surface area contributed by atoms with Gasteiger partial charge in [0, 0.05) is 6.20 Å². The fourth-order valence-electron chi connectivity index (χ4n) is 3.34. The van der Waals surface area contributed by atoms with E-state index in [4.69, 9.17) is 0 Å². The number of aromatic nitrogens is 2. The summed E-state index contributed by atoms with van der Waals surface area (Å²) in [6.07, 6.45) is -7.73. The smallest absolute Gasteiger partial charge is 0.309 e. The molecule has 0 radical (unpaired) electrons. The van der Waals surface area contributed by atoms with Gasteiger partial charge in [-0.3, -0.25) is 9.69 Å². The van der Waals surface area contributed by atoms with Crippen LogP contribution in [0, 0.1) is 0 Å². The van der Waals surface area contributed by atoms with Crippen molar-refractivity contribution in [3.8, 4) is 0 Å². The second-order valence-electron chi connectivity index (χ2n) is 7.98. The molecule has 0 unspecified atom stereocenters. The van der Waals surface area contributed by atoms with E-state index in [2.05, 4.69) is 15.3 Å². The number of hydrogen-bond acceptors (Lipinski definition) is 4. The Hall–Kier alpha value is -3.45. The molecule has 1 aliphatic heterocycles. The molecular weight excluding hydrogens is 475 g/mol. The highest BCUT2D eigenvalue weighted by Gasteiger charge is 2.47. The first-order chi connectivity index (χ1) is 15.6. The van der Waals surface area contributed by atoms with Crippen molar-refractivity contribution in [3.63, 3.8) is 0 Å². The second-order valence-corrected chi connectivity index (χ2v) is 7.98. The first-order valence-corrected chi connectivity index (χ1v) is 9.71. The normalized spacial score (nSPS) is 17.3. The molecule has 1 N–H and O–H groups in total. The van der Waals surface area contributed by atoms with Gasteiger partial charge in [0.15, 0.2) is 0 Å². The number of halogens is 7. The summed E-state index contributed by atoms with van der Waals surface area (Å²) >= 11 is 0. The lowest BCUT2D eigenvalue weighted by molar-refractivity contribution is -0.141. The van der Waals surface area contributed by atoms with Gasteiger partial charge in [0.1, 0.15) is 23.7 Å². The molecule has 2 aromatic rings. The lowest BCUT2D eigenvalue weighted by Crippen LogP contribution is -2.48. The molecule has 0 aliphatic carbocycles. The molecule has 184 valence electrons. The molecule has 0 bridgehead atoms. The lowest BCUT2D eigenvalue weighted by atomic mass is 10.0. The van der Waals surface area contributed by atoms with Crippen molar-refractivity contribution in [1.82, 2.24) is 14.9 Å². The summed E-state index contributed by atoms with van der Waals surface area (Å²) in [7, 11) is 0. The van der Waals surface area contributed by atoms with Crippen molar-refractivity contribution >= 4 is 23.4 Å². The van der Waals surface area contributed by atoms with Gasteiger partial charge >= 0.3 is 18.4 Å². The van der Waals surface area contributed by atoms with Gasteiger partial charge in [0.25, 0.3) is 0 Å². The van der Waals surface area contributed by atoms with Crippen molar-refractivity contribution in [2.45, 2.75) is 37.9 Å². The Kier molecular flexibility index (Phi) is 6.46. The van der Waals surface area contributed by atoms with Crippen LogP contribution in [0.1, 0.15) is 25.1 Å². The highest BCUT2D eigenvalue weighted by atomic mass is 19.4. The third-order valence-electron chi connectivity index (χ3n) is 5.02. The second kappa shape index (κ2) is 8.72. The van der Waals surface area contributed by atoms with Crippen LogP contribution in [0.3, 0.4) is 0 Å². The minimum Gasteiger partial charge on any atom is -0.309 e. The van der Waals surface area contributed by atoms with Gasteiger partial charge in [-0.05, 0) is 38.1 Å². The van der Waals surface area contributed by atoms with Gasteiger partial charge in [-0.1, -0.05) is 0 Å². The molecule has 0 aromatic carbocycles. The van der Waals surface area contributed by atoms with Crippen LogP contribution in [-0.4, -0.2) is 51.6 Å². The van der Waals surface area contributed by atoms with E-state index in [-0.39, 0.29) is 12.2 Å². The topological polar surface area (TPSA) is 78.4 Å². The molecule has 1 fully saturated rings. The van der Waals surface area contributed by atoms with Gasteiger partial charge in [0.05, 0.1) is 30.0 Å². The van der Waals surface area contributed by atoms with Crippen molar-refractivity contribution < 1.29 is 40.3 Å². The van der Waals surface area contributed by atoms with E-state index in [1.807, 2.05) is 0 Å². The summed E-state index contributed by atoms with van der Waals surface area (Å²) in [5.41, 5.74) is -4.32. The van der Waals surface area contributed by atoms with Crippen LogP contribution in [-0.2, 0) is 17.1 Å². The first kappa shape index (κ1) is 25.2. The summed E-state index contributed by atoms with van der Waals surface area (Å²) in [4.78, 5) is 34.1. The summed E-state index contributed by atoms with van der Waals surface area (Å²) in [6.45, 7) is 1.27. The number of carbonyl (C=O) groups excluding carboxylic acids is 2. The maximum Gasteiger partial charge on any atom is 0.433 e. The molecule has 0 saturated carbocycles. The van der Waals surface area contributed by atoms with Crippen LogP contribution in [0.15, 0.2) is 36.7 Å². The predicted octanol–water partition coefficient (Wildman–Crippen LogP) is 4.51. The van der Waals surface area contributed by atoms with E-state index in [1.165, 1.54) is 0 Å². The maximum atomic E-state index is 14.8. The Bertz CT molecular complexity index is 1060. The summed E-state index contributed by atoms with van der Waals surface area (Å²) in [5.74, 6) is -1.37. The van der Waals surface area contributed by atoms with E-state index < -0.39 is 59.6 Å². The lowest BCUT2D eigenvalue weighted by Gasteiger charge is -2.29. The highest BCUT2D eigenvalue weighted by Crippen LogP contribution is 2.33. The number of carbonyl (C=O) groups is 2. The molecule has 3 rings (SSSR count). The largest absolute Gasteiger partial charge is 0.433 e. The highest BCUT2D eigenvalue weighted by molar-refractivity contribution is 5.99. The molecule has 7 nitrogen and oxygen atoms in total. The van der Waals surface area contributed by atoms with Crippen molar-refractivity contribution in [2.75, 3.05) is 23.3 Å². The van der Waals surface area contributed by atoms with Gasteiger partial charge in [-0.15, -0.1) is 0 Å². The molecule has 14 heteroatoms. The molecule has 3 amide bonds. The fraction of sp³-hybridized carbons (Fsp3) is 0.400. The standard InChI is InChI=1S/C20H18F7N5O2/c1-18(2,21)14-9-31(12-3-4-13(29-8-12)20(25,26)27)17(34)32(14)10-16(33)30-15-7-11(5-6-28-15)19(22,23)24/h3-8,14H,9-10H2,1-2H3,(H,28,30,33)/t14-/m1/s1. The number of anilines is 2. The zero-order valence-electron chi connectivity index (χ0n) is 17.7. The Morgan fingerprint density at radius 3 is 2.26 bits per heavy atom. The molecule has 0 spiro atoms. The average Bonchev–Trinajstić information content (AvgIpc) is 3.03.